The summed E-state index contributed by atoms with van der Waals surface area (Å²) in [6.07, 6.45) is 0.515. The zero-order valence-electron chi connectivity index (χ0n) is 10.2. The molecule has 0 bridgehead atoms. The van der Waals surface area contributed by atoms with Crippen molar-refractivity contribution in [3.05, 3.63) is 29.3 Å². The van der Waals surface area contributed by atoms with Crippen molar-refractivity contribution in [2.75, 3.05) is 12.3 Å². The van der Waals surface area contributed by atoms with E-state index in [-0.39, 0.29) is 5.78 Å². The number of hydrogen-bond acceptors (Lipinski definition) is 3. The number of rotatable bonds is 5. The first-order valence-electron chi connectivity index (χ1n) is 5.63. The Balaban J connectivity index is 2.56. The zero-order chi connectivity index (χ0) is 12.1. The van der Waals surface area contributed by atoms with E-state index in [9.17, 15) is 4.79 Å². The van der Waals surface area contributed by atoms with E-state index in [0.717, 1.165) is 5.56 Å². The fourth-order valence-corrected chi connectivity index (χ4v) is 1.43. The van der Waals surface area contributed by atoms with Crippen LogP contribution < -0.4 is 11.1 Å². The third-order valence-corrected chi connectivity index (χ3v) is 2.51. The lowest BCUT2D eigenvalue weighted by atomic mass is 10.0. The smallest absolute Gasteiger partial charge is 0.164 e. The molecule has 3 N–H and O–H groups in total. The molecule has 0 heterocycles. The number of nitrogens with one attached hydrogen (secondary N) is 1. The highest BCUT2D eigenvalue weighted by Gasteiger charge is 2.06. The van der Waals surface area contributed by atoms with E-state index in [4.69, 9.17) is 5.73 Å². The lowest BCUT2D eigenvalue weighted by molar-refractivity contribution is 0.0982. The van der Waals surface area contributed by atoms with Crippen molar-refractivity contribution in [2.45, 2.75) is 33.2 Å². The molecule has 0 aliphatic carbocycles. The molecule has 1 rings (SSSR count). The standard InChI is InChI=1S/C13H20N2O/c1-9(2)15-7-6-13(16)11-5-4-10(3)12(14)8-11/h4-5,8-9,15H,6-7,14H2,1-3H3. The number of Topliss-reactive ketones (excluding diaryl/α,β-unsaturated/α-hetero) is 1. The van der Waals surface area contributed by atoms with E-state index in [1.54, 1.807) is 6.07 Å². The minimum absolute atomic E-state index is 0.139. The minimum atomic E-state index is 0.139. The van der Waals surface area contributed by atoms with Crippen molar-refractivity contribution >= 4 is 11.5 Å². The number of carbonyl (C=O) groups is 1. The van der Waals surface area contributed by atoms with Gasteiger partial charge in [0, 0.05) is 30.3 Å². The van der Waals surface area contributed by atoms with Gasteiger partial charge in [-0.1, -0.05) is 26.0 Å². The topological polar surface area (TPSA) is 55.1 Å². The summed E-state index contributed by atoms with van der Waals surface area (Å²) in [4.78, 5) is 11.8. The molecule has 0 atom stereocenters. The Kier molecular flexibility index (Phi) is 4.50. The number of aryl methyl sites for hydroxylation is 1. The van der Waals surface area contributed by atoms with Gasteiger partial charge in [-0.3, -0.25) is 4.79 Å². The highest BCUT2D eigenvalue weighted by molar-refractivity contribution is 5.97. The summed E-state index contributed by atoms with van der Waals surface area (Å²) in [7, 11) is 0. The van der Waals surface area contributed by atoms with Crippen LogP contribution in [-0.2, 0) is 0 Å². The van der Waals surface area contributed by atoms with Crippen LogP contribution in [0, 0.1) is 6.92 Å². The number of anilines is 1. The highest BCUT2D eigenvalue weighted by atomic mass is 16.1. The summed E-state index contributed by atoms with van der Waals surface area (Å²) in [5, 5.41) is 3.22. The lowest BCUT2D eigenvalue weighted by Crippen LogP contribution is -2.25. The van der Waals surface area contributed by atoms with E-state index in [1.165, 1.54) is 0 Å². The molecule has 0 spiro atoms. The molecule has 0 aliphatic heterocycles. The van der Waals surface area contributed by atoms with E-state index >= 15 is 0 Å². The van der Waals surface area contributed by atoms with E-state index < -0.39 is 0 Å². The maximum Gasteiger partial charge on any atom is 0.164 e. The molecule has 1 aromatic carbocycles. The van der Waals surface area contributed by atoms with E-state index in [0.29, 0.717) is 30.3 Å². The van der Waals surface area contributed by atoms with Crippen LogP contribution in [0.5, 0.6) is 0 Å². The number of hydrogen-bond donors (Lipinski definition) is 2. The summed E-state index contributed by atoms with van der Waals surface area (Å²) >= 11 is 0. The molecule has 0 amide bonds. The second-order valence-electron chi connectivity index (χ2n) is 4.35. The molecule has 3 heteroatoms. The highest BCUT2D eigenvalue weighted by Crippen LogP contribution is 2.14. The Bertz CT molecular complexity index is 372. The minimum Gasteiger partial charge on any atom is -0.398 e. The van der Waals surface area contributed by atoms with Gasteiger partial charge in [0.25, 0.3) is 0 Å². The molecular formula is C13H20N2O. The van der Waals surface area contributed by atoms with Gasteiger partial charge in [-0.2, -0.15) is 0 Å². The number of ketones is 1. The van der Waals surface area contributed by atoms with Gasteiger partial charge in [0.1, 0.15) is 0 Å². The Morgan fingerprint density at radius 3 is 2.69 bits per heavy atom. The lowest BCUT2D eigenvalue weighted by Gasteiger charge is -2.08. The predicted octanol–water partition coefficient (Wildman–Crippen LogP) is 2.15. The molecular weight excluding hydrogens is 200 g/mol. The Hall–Kier alpha value is -1.35. The maximum atomic E-state index is 11.8. The fraction of sp³-hybridized carbons (Fsp3) is 0.462. The molecule has 88 valence electrons. The molecule has 0 saturated heterocycles. The van der Waals surface area contributed by atoms with Crippen LogP contribution in [0.3, 0.4) is 0 Å². The molecule has 0 saturated carbocycles. The van der Waals surface area contributed by atoms with Gasteiger partial charge in [0.05, 0.1) is 0 Å². The second-order valence-corrected chi connectivity index (χ2v) is 4.35. The van der Waals surface area contributed by atoms with Gasteiger partial charge in [-0.15, -0.1) is 0 Å². The number of carbonyl (C=O) groups excluding carboxylic acids is 1. The summed E-state index contributed by atoms with van der Waals surface area (Å²) in [5.74, 6) is 0.139. The normalized spacial score (nSPS) is 10.8. The molecule has 0 fully saturated rings. The van der Waals surface area contributed by atoms with Crippen LogP contribution in [0.4, 0.5) is 5.69 Å². The Labute approximate surface area is 97.0 Å². The SMILES string of the molecule is Cc1ccc(C(=O)CCNC(C)C)cc1N. The van der Waals surface area contributed by atoms with Crippen LogP contribution >= 0.6 is 0 Å². The maximum absolute atomic E-state index is 11.8. The third-order valence-electron chi connectivity index (χ3n) is 2.51. The van der Waals surface area contributed by atoms with Gasteiger partial charge >= 0.3 is 0 Å². The predicted molar refractivity (Wildman–Crippen MR) is 67.7 cm³/mol. The fourth-order valence-electron chi connectivity index (χ4n) is 1.43. The van der Waals surface area contributed by atoms with Crippen LogP contribution in [0.2, 0.25) is 0 Å². The van der Waals surface area contributed by atoms with Gasteiger partial charge in [-0.25, -0.2) is 0 Å². The number of nitrogen functional groups attached to an aromatic ring is 1. The van der Waals surface area contributed by atoms with Gasteiger partial charge in [0.2, 0.25) is 0 Å². The molecule has 3 nitrogen and oxygen atoms in total. The van der Waals surface area contributed by atoms with Crippen LogP contribution in [0.15, 0.2) is 18.2 Å². The van der Waals surface area contributed by atoms with Crippen LogP contribution in [0.25, 0.3) is 0 Å². The van der Waals surface area contributed by atoms with Crippen molar-refractivity contribution in [1.82, 2.24) is 5.32 Å². The Morgan fingerprint density at radius 1 is 1.44 bits per heavy atom. The third kappa shape index (κ3) is 3.66. The largest absolute Gasteiger partial charge is 0.398 e. The summed E-state index contributed by atoms with van der Waals surface area (Å²) in [6.45, 7) is 6.77. The van der Waals surface area contributed by atoms with Crippen LogP contribution in [0.1, 0.15) is 36.2 Å². The van der Waals surface area contributed by atoms with E-state index in [2.05, 4.69) is 19.2 Å². The molecule has 1 aromatic rings. The van der Waals surface area contributed by atoms with Crippen molar-refractivity contribution in [3.63, 3.8) is 0 Å². The average molecular weight is 220 g/mol. The summed E-state index contributed by atoms with van der Waals surface area (Å²) in [6, 6.07) is 5.89. The monoisotopic (exact) mass is 220 g/mol. The van der Waals surface area contributed by atoms with Crippen molar-refractivity contribution in [3.8, 4) is 0 Å². The Morgan fingerprint density at radius 2 is 2.12 bits per heavy atom. The van der Waals surface area contributed by atoms with Crippen molar-refractivity contribution in [2.24, 2.45) is 0 Å². The summed E-state index contributed by atoms with van der Waals surface area (Å²) in [5.41, 5.74) is 8.16. The number of nitrogens with two attached hydrogens (primary N) is 1. The first-order valence-corrected chi connectivity index (χ1v) is 5.63. The molecule has 16 heavy (non-hydrogen) atoms. The van der Waals surface area contributed by atoms with Gasteiger partial charge in [-0.05, 0) is 18.6 Å². The first-order chi connectivity index (χ1) is 7.50. The van der Waals surface area contributed by atoms with Gasteiger partial charge < -0.3 is 11.1 Å². The van der Waals surface area contributed by atoms with E-state index in [1.807, 2.05) is 19.1 Å². The summed E-state index contributed by atoms with van der Waals surface area (Å²) < 4.78 is 0. The molecule has 0 aromatic heterocycles. The van der Waals surface area contributed by atoms with Crippen molar-refractivity contribution in [1.29, 1.82) is 0 Å². The molecule has 0 aliphatic rings. The number of benzene rings is 1. The molecule has 0 unspecified atom stereocenters. The van der Waals surface area contributed by atoms with Crippen LogP contribution in [-0.4, -0.2) is 18.4 Å². The van der Waals surface area contributed by atoms with Gasteiger partial charge in [0.15, 0.2) is 5.78 Å². The first kappa shape index (κ1) is 12.7. The zero-order valence-corrected chi connectivity index (χ0v) is 10.2. The van der Waals surface area contributed by atoms with Crippen molar-refractivity contribution < 1.29 is 4.79 Å². The quantitative estimate of drug-likeness (QED) is 0.590. The molecule has 0 radical (unpaired) electrons. The second kappa shape index (κ2) is 5.66. The average Bonchev–Trinajstić information content (AvgIpc) is 2.21.